The number of esters is 1. The molecule has 3 aromatic rings. The molecule has 0 bridgehead atoms. The Morgan fingerprint density at radius 2 is 1.62 bits per heavy atom. The van der Waals surface area contributed by atoms with E-state index >= 15 is 0 Å². The first-order valence-electron chi connectivity index (χ1n) is 10.2. The molecule has 10 heteroatoms. The summed E-state index contributed by atoms with van der Waals surface area (Å²) in [7, 11) is -3.87. The predicted octanol–water partition coefficient (Wildman–Crippen LogP) is 3.26. The molecule has 1 unspecified atom stereocenters. The number of ether oxygens (including phenoxy) is 1. The molecule has 0 aliphatic rings. The molecule has 0 radical (unpaired) electrons. The normalized spacial score (nSPS) is 11.9. The highest BCUT2D eigenvalue weighted by molar-refractivity contribution is 7.90. The Morgan fingerprint density at radius 1 is 1.00 bits per heavy atom. The molecule has 0 aliphatic heterocycles. The SMILES string of the molecule is CS(=O)(=O)c1ccc(C(=O)OCC(=O)NC(Cc2ccccc2)c2ccccc2)cc1[N+](=O)[O-]. The van der Waals surface area contributed by atoms with Crippen molar-refractivity contribution in [3.05, 3.63) is 106 Å². The van der Waals surface area contributed by atoms with E-state index in [1.54, 1.807) is 0 Å². The van der Waals surface area contributed by atoms with E-state index in [0.29, 0.717) is 6.42 Å². The molecule has 0 fully saturated rings. The van der Waals surface area contributed by atoms with Crippen LogP contribution >= 0.6 is 0 Å². The van der Waals surface area contributed by atoms with Crippen molar-refractivity contribution in [3.63, 3.8) is 0 Å². The van der Waals surface area contributed by atoms with Crippen LogP contribution in [0, 0.1) is 10.1 Å². The van der Waals surface area contributed by atoms with E-state index in [9.17, 15) is 28.1 Å². The Labute approximate surface area is 196 Å². The van der Waals surface area contributed by atoms with Crippen molar-refractivity contribution in [2.45, 2.75) is 17.4 Å². The number of amides is 1. The topological polar surface area (TPSA) is 133 Å². The van der Waals surface area contributed by atoms with Gasteiger partial charge in [-0.3, -0.25) is 14.9 Å². The zero-order valence-corrected chi connectivity index (χ0v) is 19.0. The molecule has 1 N–H and O–H groups in total. The Hall–Kier alpha value is -4.05. The first-order valence-corrected chi connectivity index (χ1v) is 12.1. The summed E-state index contributed by atoms with van der Waals surface area (Å²) in [6.45, 7) is -0.613. The van der Waals surface area contributed by atoms with Gasteiger partial charge < -0.3 is 10.1 Å². The quantitative estimate of drug-likeness (QED) is 0.281. The van der Waals surface area contributed by atoms with E-state index < -0.39 is 43.8 Å². The molecule has 176 valence electrons. The maximum Gasteiger partial charge on any atom is 0.338 e. The Kier molecular flexibility index (Phi) is 7.75. The molecule has 9 nitrogen and oxygen atoms in total. The summed E-state index contributed by atoms with van der Waals surface area (Å²) in [4.78, 5) is 34.7. The van der Waals surface area contributed by atoms with E-state index in [4.69, 9.17) is 4.74 Å². The number of nitro groups is 1. The first kappa shape index (κ1) is 24.6. The van der Waals surface area contributed by atoms with Gasteiger partial charge in [-0.1, -0.05) is 60.7 Å². The summed E-state index contributed by atoms with van der Waals surface area (Å²) in [6, 6.07) is 21.4. The van der Waals surface area contributed by atoms with E-state index in [1.165, 1.54) is 0 Å². The second kappa shape index (κ2) is 10.7. The van der Waals surface area contributed by atoms with E-state index in [2.05, 4.69) is 5.32 Å². The third-order valence-corrected chi connectivity index (χ3v) is 6.09. The fourth-order valence-electron chi connectivity index (χ4n) is 3.34. The van der Waals surface area contributed by atoms with Crippen molar-refractivity contribution in [2.75, 3.05) is 12.9 Å². The number of hydrogen-bond donors (Lipinski definition) is 1. The lowest BCUT2D eigenvalue weighted by atomic mass is 9.99. The smallest absolute Gasteiger partial charge is 0.338 e. The molecule has 0 spiro atoms. The van der Waals surface area contributed by atoms with Gasteiger partial charge in [0.2, 0.25) is 0 Å². The molecule has 0 aliphatic carbocycles. The average Bonchev–Trinajstić information content (AvgIpc) is 2.82. The van der Waals surface area contributed by atoms with Crippen LogP contribution < -0.4 is 5.32 Å². The van der Waals surface area contributed by atoms with Gasteiger partial charge in [0.25, 0.3) is 11.6 Å². The number of nitro benzene ring substituents is 1. The maximum absolute atomic E-state index is 12.5. The van der Waals surface area contributed by atoms with Crippen molar-refractivity contribution < 1.29 is 27.7 Å². The van der Waals surface area contributed by atoms with Crippen LogP contribution in [0.25, 0.3) is 0 Å². The van der Waals surface area contributed by atoms with Crippen LogP contribution in [-0.4, -0.2) is 38.1 Å². The van der Waals surface area contributed by atoms with Gasteiger partial charge in [-0.2, -0.15) is 0 Å². The van der Waals surface area contributed by atoms with Gasteiger partial charge in [-0.25, -0.2) is 13.2 Å². The van der Waals surface area contributed by atoms with Crippen LogP contribution in [0.4, 0.5) is 5.69 Å². The van der Waals surface area contributed by atoms with Crippen LogP contribution in [0.5, 0.6) is 0 Å². The summed E-state index contributed by atoms with van der Waals surface area (Å²) < 4.78 is 28.5. The van der Waals surface area contributed by atoms with Crippen LogP contribution in [0.1, 0.15) is 27.5 Å². The van der Waals surface area contributed by atoms with Gasteiger partial charge >= 0.3 is 5.97 Å². The number of nitrogens with zero attached hydrogens (tertiary/aromatic N) is 1. The average molecular weight is 483 g/mol. The summed E-state index contributed by atoms with van der Waals surface area (Å²) >= 11 is 0. The highest BCUT2D eigenvalue weighted by atomic mass is 32.2. The summed E-state index contributed by atoms with van der Waals surface area (Å²) in [5.41, 5.74) is 0.897. The number of hydrogen-bond acceptors (Lipinski definition) is 7. The summed E-state index contributed by atoms with van der Waals surface area (Å²) in [5.74, 6) is -1.54. The molecule has 3 rings (SSSR count). The van der Waals surface area contributed by atoms with Gasteiger partial charge in [0.05, 0.1) is 16.5 Å². The van der Waals surface area contributed by atoms with Gasteiger partial charge in [-0.05, 0) is 29.7 Å². The Morgan fingerprint density at radius 3 is 2.21 bits per heavy atom. The van der Waals surface area contributed by atoms with Gasteiger partial charge in [0.1, 0.15) is 4.90 Å². The minimum atomic E-state index is -3.87. The lowest BCUT2D eigenvalue weighted by molar-refractivity contribution is -0.387. The molecule has 0 aromatic heterocycles. The summed E-state index contributed by atoms with van der Waals surface area (Å²) in [6.07, 6.45) is 1.35. The van der Waals surface area contributed by atoms with Crippen molar-refractivity contribution >= 4 is 27.4 Å². The minimum absolute atomic E-state index is 0.240. The Bertz CT molecular complexity index is 1290. The fourth-order valence-corrected chi connectivity index (χ4v) is 4.17. The molecule has 3 aromatic carbocycles. The highest BCUT2D eigenvalue weighted by Gasteiger charge is 2.25. The van der Waals surface area contributed by atoms with Crippen LogP contribution in [0.2, 0.25) is 0 Å². The van der Waals surface area contributed by atoms with Gasteiger partial charge in [-0.15, -0.1) is 0 Å². The number of rotatable bonds is 9. The highest BCUT2D eigenvalue weighted by Crippen LogP contribution is 2.25. The molecular formula is C24H22N2O7S. The van der Waals surface area contributed by atoms with Crippen molar-refractivity contribution in [3.8, 4) is 0 Å². The second-order valence-electron chi connectivity index (χ2n) is 7.51. The number of benzene rings is 3. The zero-order chi connectivity index (χ0) is 24.7. The minimum Gasteiger partial charge on any atom is -0.452 e. The van der Waals surface area contributed by atoms with Crippen LogP contribution in [-0.2, 0) is 25.8 Å². The van der Waals surface area contributed by atoms with E-state index in [-0.39, 0.29) is 11.6 Å². The van der Waals surface area contributed by atoms with Crippen LogP contribution in [0.3, 0.4) is 0 Å². The first-order chi connectivity index (χ1) is 16.1. The van der Waals surface area contributed by atoms with Crippen LogP contribution in [0.15, 0.2) is 83.8 Å². The number of sulfone groups is 1. The van der Waals surface area contributed by atoms with E-state index in [0.717, 1.165) is 35.6 Å². The van der Waals surface area contributed by atoms with Gasteiger partial charge in [0.15, 0.2) is 16.4 Å². The standard InChI is InChI=1S/C24H22N2O7S/c1-34(31,32)22-13-12-19(15-21(22)26(29)30)24(28)33-16-23(27)25-20(18-10-6-3-7-11-18)14-17-8-4-2-5-9-17/h2-13,15,20H,14,16H2,1H3,(H,25,27). The number of carbonyl (C=O) groups excluding carboxylic acids is 2. The predicted molar refractivity (Wildman–Crippen MR) is 124 cm³/mol. The maximum atomic E-state index is 12.5. The largest absolute Gasteiger partial charge is 0.452 e. The third-order valence-electron chi connectivity index (χ3n) is 4.94. The Balaban J connectivity index is 1.69. The fraction of sp³-hybridized carbons (Fsp3) is 0.167. The summed E-state index contributed by atoms with van der Waals surface area (Å²) in [5, 5.41) is 14.1. The van der Waals surface area contributed by atoms with Crippen molar-refractivity contribution in [1.82, 2.24) is 5.32 Å². The number of carbonyl (C=O) groups is 2. The molecule has 34 heavy (non-hydrogen) atoms. The molecule has 1 amide bonds. The monoisotopic (exact) mass is 482 g/mol. The van der Waals surface area contributed by atoms with Gasteiger partial charge in [0, 0.05) is 12.3 Å². The molecule has 0 saturated heterocycles. The second-order valence-corrected chi connectivity index (χ2v) is 9.49. The lowest BCUT2D eigenvalue weighted by Gasteiger charge is -2.19. The molecular weight excluding hydrogens is 460 g/mol. The molecule has 1 atom stereocenters. The molecule has 0 saturated carbocycles. The third kappa shape index (κ3) is 6.48. The number of nitrogens with one attached hydrogen (secondary N) is 1. The lowest BCUT2D eigenvalue weighted by Crippen LogP contribution is -2.33. The van der Waals surface area contributed by atoms with E-state index in [1.807, 2.05) is 60.7 Å². The van der Waals surface area contributed by atoms with Crippen molar-refractivity contribution in [2.24, 2.45) is 0 Å². The van der Waals surface area contributed by atoms with Crippen molar-refractivity contribution in [1.29, 1.82) is 0 Å². The zero-order valence-electron chi connectivity index (χ0n) is 18.2. The molecule has 0 heterocycles.